The third-order valence-corrected chi connectivity index (χ3v) is 7.18. The summed E-state index contributed by atoms with van der Waals surface area (Å²) in [6, 6.07) is 6.45. The molecule has 1 aromatic rings. The number of ether oxygens (including phenoxy) is 1. The van der Waals surface area contributed by atoms with Crippen molar-refractivity contribution in [3.05, 3.63) is 29.8 Å². The molecule has 3 rings (SSSR count). The number of nitrogens with two attached hydrogens (primary N) is 1. The number of amides is 1. The van der Waals surface area contributed by atoms with Crippen molar-refractivity contribution in [2.24, 2.45) is 17.6 Å². The van der Waals surface area contributed by atoms with Crippen molar-refractivity contribution in [1.82, 2.24) is 10.0 Å². The molecule has 0 aromatic heterocycles. The Morgan fingerprint density at radius 2 is 1.81 bits per heavy atom. The van der Waals surface area contributed by atoms with Crippen LogP contribution in [0.15, 0.2) is 29.2 Å². The van der Waals surface area contributed by atoms with Crippen LogP contribution in [0.2, 0.25) is 0 Å². The Morgan fingerprint density at radius 3 is 2.41 bits per heavy atom. The molecule has 7 nitrogen and oxygen atoms in total. The van der Waals surface area contributed by atoms with Gasteiger partial charge in [-0.3, -0.25) is 4.79 Å². The van der Waals surface area contributed by atoms with E-state index in [2.05, 4.69) is 10.0 Å². The minimum atomic E-state index is -3.60. The molecular formula is C19H29N3O4S. The van der Waals surface area contributed by atoms with Gasteiger partial charge < -0.3 is 15.8 Å². The lowest BCUT2D eigenvalue weighted by Crippen LogP contribution is -2.53. The van der Waals surface area contributed by atoms with Gasteiger partial charge in [-0.25, -0.2) is 13.1 Å². The number of benzene rings is 1. The summed E-state index contributed by atoms with van der Waals surface area (Å²) in [5.74, 6) is 0.742. The van der Waals surface area contributed by atoms with Crippen molar-refractivity contribution in [2.45, 2.75) is 49.1 Å². The molecule has 27 heavy (non-hydrogen) atoms. The molecule has 4 N–H and O–H groups in total. The van der Waals surface area contributed by atoms with Crippen molar-refractivity contribution in [1.29, 1.82) is 0 Å². The Morgan fingerprint density at radius 1 is 1.19 bits per heavy atom. The number of hydrogen-bond donors (Lipinski definition) is 3. The van der Waals surface area contributed by atoms with E-state index in [0.29, 0.717) is 24.0 Å². The van der Waals surface area contributed by atoms with Gasteiger partial charge in [-0.2, -0.15) is 0 Å². The Balaban J connectivity index is 1.64. The molecule has 2 unspecified atom stereocenters. The van der Waals surface area contributed by atoms with Gasteiger partial charge in [0.05, 0.1) is 11.5 Å². The van der Waals surface area contributed by atoms with Gasteiger partial charge in [0.1, 0.15) is 0 Å². The Kier molecular flexibility index (Phi) is 6.52. The predicted octanol–water partition coefficient (Wildman–Crippen LogP) is 1.25. The molecular weight excluding hydrogens is 366 g/mol. The van der Waals surface area contributed by atoms with Gasteiger partial charge >= 0.3 is 0 Å². The second-order valence-electron chi connectivity index (χ2n) is 7.60. The quantitative estimate of drug-likeness (QED) is 0.602. The summed E-state index contributed by atoms with van der Waals surface area (Å²) in [5, 5.41) is 3.18. The van der Waals surface area contributed by atoms with Gasteiger partial charge in [0.2, 0.25) is 10.0 Å². The second kappa shape index (κ2) is 8.68. The van der Waals surface area contributed by atoms with E-state index in [9.17, 15) is 13.2 Å². The summed E-state index contributed by atoms with van der Waals surface area (Å²) in [6.07, 6.45) is 5.35. The highest BCUT2D eigenvalue weighted by Gasteiger charge is 2.39. The van der Waals surface area contributed by atoms with Crippen molar-refractivity contribution in [3.63, 3.8) is 0 Å². The topological polar surface area (TPSA) is 111 Å². The van der Waals surface area contributed by atoms with E-state index >= 15 is 0 Å². The molecule has 1 amide bonds. The third-order valence-electron chi connectivity index (χ3n) is 5.70. The lowest BCUT2D eigenvalue weighted by atomic mass is 9.67. The third kappa shape index (κ3) is 4.87. The maximum atomic E-state index is 12.7. The number of carbonyl (C=O) groups excluding carboxylic acids is 1. The zero-order valence-corrected chi connectivity index (χ0v) is 16.5. The summed E-state index contributed by atoms with van der Waals surface area (Å²) in [5.41, 5.74) is 6.62. The summed E-state index contributed by atoms with van der Waals surface area (Å²) >= 11 is 0. The van der Waals surface area contributed by atoms with Crippen LogP contribution in [-0.4, -0.2) is 46.7 Å². The first-order valence-corrected chi connectivity index (χ1v) is 11.0. The fraction of sp³-hybridized carbons (Fsp3) is 0.632. The van der Waals surface area contributed by atoms with Gasteiger partial charge in [-0.05, 0) is 61.8 Å². The molecule has 2 saturated carbocycles. The molecule has 2 aliphatic carbocycles. The maximum absolute atomic E-state index is 12.7. The van der Waals surface area contributed by atoms with Crippen LogP contribution in [0.5, 0.6) is 0 Å². The first-order chi connectivity index (χ1) is 12.9. The fourth-order valence-corrected chi connectivity index (χ4v) is 5.42. The van der Waals surface area contributed by atoms with Crippen molar-refractivity contribution < 1.29 is 17.9 Å². The summed E-state index contributed by atoms with van der Waals surface area (Å²) in [6.45, 7) is 0.501. The van der Waals surface area contributed by atoms with Crippen LogP contribution in [0, 0.1) is 11.8 Å². The van der Waals surface area contributed by atoms with Crippen LogP contribution < -0.4 is 15.8 Å². The maximum Gasteiger partial charge on any atom is 0.251 e. The smallest absolute Gasteiger partial charge is 0.251 e. The largest absolute Gasteiger partial charge is 0.383 e. The van der Waals surface area contributed by atoms with E-state index in [1.165, 1.54) is 25.7 Å². The molecule has 0 radical (unpaired) electrons. The number of sulfonamides is 1. The molecule has 2 bridgehead atoms. The number of hydrogen-bond acceptors (Lipinski definition) is 5. The Bertz CT molecular complexity index is 737. The monoisotopic (exact) mass is 395 g/mol. The molecule has 8 heteroatoms. The molecule has 150 valence electrons. The van der Waals surface area contributed by atoms with Crippen molar-refractivity contribution in [3.8, 4) is 0 Å². The van der Waals surface area contributed by atoms with E-state index in [4.69, 9.17) is 10.5 Å². The van der Waals surface area contributed by atoms with E-state index in [1.807, 2.05) is 0 Å². The first-order valence-electron chi connectivity index (χ1n) is 9.56. The van der Waals surface area contributed by atoms with Gasteiger partial charge in [-0.1, -0.05) is 6.42 Å². The van der Waals surface area contributed by atoms with E-state index in [-0.39, 0.29) is 29.4 Å². The highest BCUT2D eigenvalue weighted by atomic mass is 32.2. The number of carbonyl (C=O) groups is 1. The summed E-state index contributed by atoms with van der Waals surface area (Å²) in [7, 11) is -2.09. The van der Waals surface area contributed by atoms with E-state index < -0.39 is 10.0 Å². The van der Waals surface area contributed by atoms with Crippen LogP contribution in [-0.2, 0) is 14.8 Å². The lowest BCUT2D eigenvalue weighted by Gasteiger charge is -2.45. The standard InChI is InChI=1S/C19H29N3O4S/c1-26-10-9-21-27(24,25)17-7-5-13(6-8-17)19(23)22-18-14-3-2-4-15(18)12-16(20)11-14/h5-8,14-16,18,21H,2-4,9-12,20H2,1H3,(H,22,23). The van der Waals surface area contributed by atoms with Crippen LogP contribution in [0.4, 0.5) is 0 Å². The number of nitrogens with one attached hydrogen (secondary N) is 2. The van der Waals surface area contributed by atoms with Crippen LogP contribution in [0.1, 0.15) is 42.5 Å². The van der Waals surface area contributed by atoms with Crippen molar-refractivity contribution in [2.75, 3.05) is 20.3 Å². The average molecular weight is 396 g/mol. The normalized spacial score (nSPS) is 27.9. The van der Waals surface area contributed by atoms with Gasteiger partial charge in [-0.15, -0.1) is 0 Å². The number of methoxy groups -OCH3 is 1. The van der Waals surface area contributed by atoms with Crippen LogP contribution in [0.3, 0.4) is 0 Å². The van der Waals surface area contributed by atoms with E-state index in [1.54, 1.807) is 12.1 Å². The lowest BCUT2D eigenvalue weighted by molar-refractivity contribution is 0.0756. The Hall–Kier alpha value is -1.48. The minimum Gasteiger partial charge on any atom is -0.383 e. The van der Waals surface area contributed by atoms with E-state index in [0.717, 1.165) is 25.7 Å². The fourth-order valence-electron chi connectivity index (χ4n) is 4.41. The molecule has 2 fully saturated rings. The second-order valence-corrected chi connectivity index (χ2v) is 9.36. The minimum absolute atomic E-state index is 0.135. The van der Waals surface area contributed by atoms with Gasteiger partial charge in [0.25, 0.3) is 5.91 Å². The molecule has 0 heterocycles. The van der Waals surface area contributed by atoms with Crippen LogP contribution in [0.25, 0.3) is 0 Å². The number of fused-ring (bicyclic) bond motifs is 2. The molecule has 0 saturated heterocycles. The SMILES string of the molecule is COCCNS(=O)(=O)c1ccc(C(=O)NC2C3CCCC2CC(N)C3)cc1. The number of rotatable bonds is 7. The zero-order valence-electron chi connectivity index (χ0n) is 15.7. The Labute approximate surface area is 161 Å². The highest BCUT2D eigenvalue weighted by molar-refractivity contribution is 7.89. The molecule has 2 aliphatic rings. The zero-order chi connectivity index (χ0) is 19.4. The van der Waals surface area contributed by atoms with Gasteiger partial charge in [0, 0.05) is 31.3 Å². The summed E-state index contributed by atoms with van der Waals surface area (Å²) < 4.78 is 31.7. The molecule has 2 atom stereocenters. The first kappa shape index (κ1) is 20.3. The van der Waals surface area contributed by atoms with Crippen LogP contribution >= 0.6 is 0 Å². The predicted molar refractivity (Wildman–Crippen MR) is 103 cm³/mol. The average Bonchev–Trinajstić information content (AvgIpc) is 2.62. The van der Waals surface area contributed by atoms with Crippen molar-refractivity contribution >= 4 is 15.9 Å². The molecule has 1 aromatic carbocycles. The molecule has 0 aliphatic heterocycles. The molecule has 0 spiro atoms. The van der Waals surface area contributed by atoms with Gasteiger partial charge in [0.15, 0.2) is 0 Å². The summed E-state index contributed by atoms with van der Waals surface area (Å²) in [4.78, 5) is 12.8. The highest BCUT2D eigenvalue weighted by Crippen LogP contribution is 2.39.